The van der Waals surface area contributed by atoms with Crippen molar-refractivity contribution in [1.82, 2.24) is 4.31 Å². The van der Waals surface area contributed by atoms with Gasteiger partial charge in [0.05, 0.1) is 4.90 Å². The normalized spacial score (nSPS) is 13.8. The molecule has 28 heavy (non-hydrogen) atoms. The van der Waals surface area contributed by atoms with Gasteiger partial charge in [0.25, 0.3) is 0 Å². The second kappa shape index (κ2) is 8.45. The molecule has 2 aromatic carbocycles. The lowest BCUT2D eigenvalue weighted by Crippen LogP contribution is -2.30. The van der Waals surface area contributed by atoms with Crippen LogP contribution in [0.15, 0.2) is 47.4 Å². The van der Waals surface area contributed by atoms with Crippen molar-refractivity contribution in [3.8, 4) is 0 Å². The molecule has 0 saturated heterocycles. The van der Waals surface area contributed by atoms with Crippen molar-refractivity contribution in [2.45, 2.75) is 44.9 Å². The minimum Gasteiger partial charge on any atom is -0.312 e. The van der Waals surface area contributed by atoms with Gasteiger partial charge in [0.15, 0.2) is 0 Å². The predicted molar refractivity (Wildman–Crippen MR) is 112 cm³/mol. The number of rotatable bonds is 7. The maximum Gasteiger partial charge on any atom is 0.243 e. The summed E-state index contributed by atoms with van der Waals surface area (Å²) in [7, 11) is -3.48. The lowest BCUT2D eigenvalue weighted by Gasteiger charge is -2.20. The molecule has 3 rings (SSSR count). The molecule has 1 heterocycles. The van der Waals surface area contributed by atoms with Gasteiger partial charge in [0.1, 0.15) is 0 Å². The highest BCUT2D eigenvalue weighted by Crippen LogP contribution is 2.31. The Morgan fingerprint density at radius 3 is 2.54 bits per heavy atom. The minimum absolute atomic E-state index is 0.0830. The molecule has 0 fully saturated rings. The van der Waals surface area contributed by atoms with Gasteiger partial charge in [-0.15, -0.1) is 0 Å². The first-order valence-electron chi connectivity index (χ1n) is 9.85. The fraction of sp³-hybridized carbons (Fsp3) is 0.409. The topological polar surface area (TPSA) is 57.7 Å². The van der Waals surface area contributed by atoms with Gasteiger partial charge in [-0.05, 0) is 49.1 Å². The molecule has 0 spiro atoms. The summed E-state index contributed by atoms with van der Waals surface area (Å²) in [6.07, 6.45) is 1.84. The molecule has 1 aliphatic heterocycles. The molecule has 0 atom stereocenters. The molecule has 0 aromatic heterocycles. The summed E-state index contributed by atoms with van der Waals surface area (Å²) in [5.74, 6) is 0.0830. The van der Waals surface area contributed by atoms with E-state index in [0.29, 0.717) is 43.8 Å². The van der Waals surface area contributed by atoms with Gasteiger partial charge in [0, 0.05) is 31.7 Å². The van der Waals surface area contributed by atoms with E-state index in [1.807, 2.05) is 39.0 Å². The first-order chi connectivity index (χ1) is 13.4. The molecule has 0 radical (unpaired) electrons. The van der Waals surface area contributed by atoms with Crippen molar-refractivity contribution in [2.24, 2.45) is 0 Å². The molecule has 2 aromatic rings. The molecular weight excluding hydrogens is 372 g/mol. The van der Waals surface area contributed by atoms with E-state index in [-0.39, 0.29) is 5.91 Å². The van der Waals surface area contributed by atoms with Crippen LogP contribution in [0.25, 0.3) is 0 Å². The molecule has 1 aliphatic rings. The average Bonchev–Trinajstić information content (AvgIpc) is 3.10. The van der Waals surface area contributed by atoms with Gasteiger partial charge in [-0.3, -0.25) is 4.79 Å². The Labute approximate surface area is 168 Å². The summed E-state index contributed by atoms with van der Waals surface area (Å²) < 4.78 is 26.9. The van der Waals surface area contributed by atoms with Gasteiger partial charge < -0.3 is 4.90 Å². The summed E-state index contributed by atoms with van der Waals surface area (Å²) in [5.41, 5.74) is 4.12. The molecule has 5 nitrogen and oxygen atoms in total. The summed E-state index contributed by atoms with van der Waals surface area (Å²) >= 11 is 0. The highest BCUT2D eigenvalue weighted by atomic mass is 32.2. The summed E-state index contributed by atoms with van der Waals surface area (Å²) in [5, 5.41) is 0. The monoisotopic (exact) mass is 400 g/mol. The van der Waals surface area contributed by atoms with E-state index >= 15 is 0 Å². The highest BCUT2D eigenvalue weighted by Gasteiger charge is 2.28. The molecule has 0 saturated carbocycles. The third kappa shape index (κ3) is 4.13. The maximum absolute atomic E-state index is 12.7. The molecule has 1 amide bonds. The lowest BCUT2D eigenvalue weighted by molar-refractivity contribution is -0.118. The van der Waals surface area contributed by atoms with E-state index in [9.17, 15) is 13.2 Å². The maximum atomic E-state index is 12.7. The Kier molecular flexibility index (Phi) is 6.20. The zero-order chi connectivity index (χ0) is 20.3. The molecule has 0 N–H and O–H groups in total. The second-order valence-corrected chi connectivity index (χ2v) is 9.10. The predicted octanol–water partition coefficient (Wildman–Crippen LogP) is 3.55. The van der Waals surface area contributed by atoms with Crippen LogP contribution in [0, 0.1) is 6.92 Å². The number of hydrogen-bond donors (Lipinski definition) is 0. The largest absolute Gasteiger partial charge is 0.312 e. The Hall–Kier alpha value is -2.18. The van der Waals surface area contributed by atoms with Crippen LogP contribution in [0.3, 0.4) is 0 Å². The fourth-order valence-electron chi connectivity index (χ4n) is 3.76. The number of carbonyl (C=O) groups is 1. The molecule has 0 unspecified atom stereocenters. The van der Waals surface area contributed by atoms with E-state index in [1.165, 1.54) is 9.87 Å². The van der Waals surface area contributed by atoms with Crippen LogP contribution in [0.2, 0.25) is 0 Å². The summed E-state index contributed by atoms with van der Waals surface area (Å²) in [4.78, 5) is 14.8. The zero-order valence-corrected chi connectivity index (χ0v) is 17.6. The van der Waals surface area contributed by atoms with Crippen LogP contribution in [0.1, 0.15) is 37.0 Å². The van der Waals surface area contributed by atoms with E-state index in [4.69, 9.17) is 0 Å². The number of carbonyl (C=O) groups excluding carboxylic acids is 1. The number of nitrogens with zero attached hydrogens (tertiary/aromatic N) is 2. The number of sulfonamides is 1. The first-order valence-corrected chi connectivity index (χ1v) is 11.3. The van der Waals surface area contributed by atoms with Crippen molar-refractivity contribution in [3.05, 3.63) is 59.2 Å². The third-order valence-electron chi connectivity index (χ3n) is 5.30. The number of hydrogen-bond acceptors (Lipinski definition) is 3. The van der Waals surface area contributed by atoms with Crippen LogP contribution in [0.4, 0.5) is 5.69 Å². The van der Waals surface area contributed by atoms with Crippen LogP contribution < -0.4 is 4.90 Å². The van der Waals surface area contributed by atoms with E-state index in [1.54, 1.807) is 23.1 Å². The van der Waals surface area contributed by atoms with Crippen molar-refractivity contribution in [3.63, 3.8) is 0 Å². The van der Waals surface area contributed by atoms with E-state index in [2.05, 4.69) is 6.07 Å². The summed E-state index contributed by atoms with van der Waals surface area (Å²) in [6.45, 7) is 7.22. The standard InChI is InChI=1S/C22H28N2O3S/c1-4-23(5-2)28(26,27)20-10-11-21-19(16-20)13-14-24(21)22(25)12-9-18-8-6-7-17(3)15-18/h6-8,10-11,15-16H,4-5,9,12-14H2,1-3H3. The number of benzene rings is 2. The number of aryl methyl sites for hydroxylation is 2. The average molecular weight is 401 g/mol. The van der Waals surface area contributed by atoms with Gasteiger partial charge in [-0.25, -0.2) is 8.42 Å². The highest BCUT2D eigenvalue weighted by molar-refractivity contribution is 7.89. The van der Waals surface area contributed by atoms with Gasteiger partial charge in [-0.2, -0.15) is 4.31 Å². The van der Waals surface area contributed by atoms with Crippen molar-refractivity contribution in [2.75, 3.05) is 24.5 Å². The van der Waals surface area contributed by atoms with E-state index in [0.717, 1.165) is 16.8 Å². The number of amides is 1. The fourth-order valence-corrected chi connectivity index (χ4v) is 5.27. The first kappa shape index (κ1) is 20.6. The smallest absolute Gasteiger partial charge is 0.243 e. The second-order valence-electron chi connectivity index (χ2n) is 7.16. The van der Waals surface area contributed by atoms with Crippen molar-refractivity contribution in [1.29, 1.82) is 0 Å². The lowest BCUT2D eigenvalue weighted by atomic mass is 10.1. The van der Waals surface area contributed by atoms with Crippen LogP contribution in [-0.4, -0.2) is 38.3 Å². The number of fused-ring (bicyclic) bond motifs is 1. The Morgan fingerprint density at radius 2 is 1.86 bits per heavy atom. The quantitative estimate of drug-likeness (QED) is 0.714. The van der Waals surface area contributed by atoms with Crippen LogP contribution in [0.5, 0.6) is 0 Å². The van der Waals surface area contributed by atoms with Crippen molar-refractivity contribution < 1.29 is 13.2 Å². The van der Waals surface area contributed by atoms with Crippen LogP contribution in [-0.2, 0) is 27.7 Å². The van der Waals surface area contributed by atoms with E-state index < -0.39 is 10.0 Å². The van der Waals surface area contributed by atoms with Crippen molar-refractivity contribution >= 4 is 21.6 Å². The third-order valence-corrected chi connectivity index (χ3v) is 7.35. The van der Waals surface area contributed by atoms with Gasteiger partial charge >= 0.3 is 0 Å². The summed E-state index contributed by atoms with van der Waals surface area (Å²) in [6, 6.07) is 13.3. The minimum atomic E-state index is -3.48. The Balaban J connectivity index is 1.74. The Morgan fingerprint density at radius 1 is 1.11 bits per heavy atom. The number of anilines is 1. The SMILES string of the molecule is CCN(CC)S(=O)(=O)c1ccc2c(c1)CCN2C(=O)CCc1cccc(C)c1. The molecule has 150 valence electrons. The molecule has 0 aliphatic carbocycles. The van der Waals surface area contributed by atoms with Gasteiger partial charge in [0.2, 0.25) is 15.9 Å². The van der Waals surface area contributed by atoms with Crippen LogP contribution >= 0.6 is 0 Å². The molecule has 0 bridgehead atoms. The molecular formula is C22H28N2O3S. The molecule has 6 heteroatoms. The zero-order valence-electron chi connectivity index (χ0n) is 16.8. The Bertz CT molecular complexity index is 965. The van der Waals surface area contributed by atoms with Gasteiger partial charge in [-0.1, -0.05) is 43.7 Å².